The van der Waals surface area contributed by atoms with Crippen molar-refractivity contribution in [3.8, 4) is 0 Å². The highest BCUT2D eigenvalue weighted by Gasteiger charge is 2.01. The summed E-state index contributed by atoms with van der Waals surface area (Å²) in [4.78, 5) is 3.97. The number of anilines is 1. The molecule has 0 atom stereocenters. The summed E-state index contributed by atoms with van der Waals surface area (Å²) in [6.07, 6.45) is 3.52. The first kappa shape index (κ1) is 11.3. The van der Waals surface area contributed by atoms with Crippen LogP contribution in [0.3, 0.4) is 0 Å². The number of hydrogen-bond acceptors (Lipinski definition) is 2. The van der Waals surface area contributed by atoms with Gasteiger partial charge >= 0.3 is 0 Å². The van der Waals surface area contributed by atoms with E-state index in [-0.39, 0.29) is 0 Å². The van der Waals surface area contributed by atoms with Crippen LogP contribution in [0.4, 0.5) is 5.82 Å². The number of nitrogens with two attached hydrogens (primary N) is 1. The van der Waals surface area contributed by atoms with Crippen LogP contribution in [0.1, 0.15) is 5.56 Å². The van der Waals surface area contributed by atoms with Crippen LogP contribution in [0.5, 0.6) is 0 Å². The van der Waals surface area contributed by atoms with E-state index < -0.39 is 0 Å². The molecule has 1 rings (SSSR count). The highest BCUT2D eigenvalue weighted by molar-refractivity contribution is 9.09. The first-order valence-corrected chi connectivity index (χ1v) is 5.47. The van der Waals surface area contributed by atoms with Crippen LogP contribution in [0.15, 0.2) is 35.5 Å². The van der Waals surface area contributed by atoms with Crippen molar-refractivity contribution in [2.24, 2.45) is 0 Å². The van der Waals surface area contributed by atoms with E-state index in [4.69, 9.17) is 17.3 Å². The van der Waals surface area contributed by atoms with Gasteiger partial charge in [-0.05, 0) is 23.8 Å². The molecule has 0 bridgehead atoms. The molecule has 0 aliphatic rings. The zero-order valence-electron chi connectivity index (χ0n) is 7.50. The van der Waals surface area contributed by atoms with E-state index >= 15 is 0 Å². The Morgan fingerprint density at radius 1 is 1.71 bits per heavy atom. The second-order valence-electron chi connectivity index (χ2n) is 2.69. The summed E-state index contributed by atoms with van der Waals surface area (Å²) in [6.45, 7) is 3.66. The summed E-state index contributed by atoms with van der Waals surface area (Å²) >= 11 is 9.12. The highest BCUT2D eigenvalue weighted by atomic mass is 79.9. The molecule has 14 heavy (non-hydrogen) atoms. The lowest BCUT2D eigenvalue weighted by Crippen LogP contribution is -1.93. The minimum Gasteiger partial charge on any atom is -0.383 e. The molecule has 0 radical (unpaired) electrons. The van der Waals surface area contributed by atoms with Gasteiger partial charge in [-0.2, -0.15) is 0 Å². The quantitative estimate of drug-likeness (QED) is 0.678. The molecule has 74 valence electrons. The number of halogens is 2. The third-order valence-corrected chi connectivity index (χ3v) is 2.54. The molecule has 0 aromatic carbocycles. The summed E-state index contributed by atoms with van der Waals surface area (Å²) in [6, 6.07) is 3.70. The maximum absolute atomic E-state index is 5.79. The second-order valence-corrected chi connectivity index (χ2v) is 3.70. The first-order chi connectivity index (χ1) is 6.65. The lowest BCUT2D eigenvalue weighted by Gasteiger charge is -2.02. The van der Waals surface area contributed by atoms with Gasteiger partial charge in [0, 0.05) is 22.1 Å². The lowest BCUT2D eigenvalue weighted by atomic mass is 10.1. The lowest BCUT2D eigenvalue weighted by molar-refractivity contribution is 1.32. The van der Waals surface area contributed by atoms with Crippen LogP contribution >= 0.6 is 27.5 Å². The molecule has 1 heterocycles. The van der Waals surface area contributed by atoms with Crippen molar-refractivity contribution in [1.82, 2.24) is 4.98 Å². The van der Waals surface area contributed by atoms with E-state index in [2.05, 4.69) is 27.5 Å². The van der Waals surface area contributed by atoms with Crippen LogP contribution in [0.25, 0.3) is 6.08 Å². The number of pyridine rings is 1. The Balaban J connectivity index is 3.07. The van der Waals surface area contributed by atoms with Gasteiger partial charge in [-0.15, -0.1) is 0 Å². The maximum atomic E-state index is 5.79. The molecule has 0 spiro atoms. The Morgan fingerprint density at radius 2 is 2.43 bits per heavy atom. The summed E-state index contributed by atoms with van der Waals surface area (Å²) in [7, 11) is 0. The van der Waals surface area contributed by atoms with E-state index in [1.807, 2.05) is 18.2 Å². The van der Waals surface area contributed by atoms with Crippen LogP contribution in [-0.4, -0.2) is 10.3 Å². The summed E-state index contributed by atoms with van der Waals surface area (Å²) in [5.74, 6) is 0.490. The van der Waals surface area contributed by atoms with Crippen molar-refractivity contribution in [2.75, 3.05) is 11.1 Å². The van der Waals surface area contributed by atoms with Gasteiger partial charge in [-0.1, -0.05) is 34.1 Å². The minimum absolute atomic E-state index is 0.490. The predicted octanol–water partition coefficient (Wildman–Crippen LogP) is 3.19. The normalized spacial score (nSPS) is 11.4. The number of alkyl halides is 1. The van der Waals surface area contributed by atoms with Crippen LogP contribution in [-0.2, 0) is 0 Å². The van der Waals surface area contributed by atoms with Crippen molar-refractivity contribution in [3.63, 3.8) is 0 Å². The summed E-state index contributed by atoms with van der Waals surface area (Å²) < 4.78 is 0. The average molecular weight is 274 g/mol. The van der Waals surface area contributed by atoms with E-state index in [0.717, 1.165) is 11.1 Å². The molecule has 0 saturated carbocycles. The van der Waals surface area contributed by atoms with Crippen molar-refractivity contribution in [2.45, 2.75) is 0 Å². The van der Waals surface area contributed by atoms with Crippen LogP contribution in [0, 0.1) is 0 Å². The van der Waals surface area contributed by atoms with Gasteiger partial charge < -0.3 is 5.73 Å². The number of rotatable bonds is 3. The van der Waals surface area contributed by atoms with Gasteiger partial charge in [0.15, 0.2) is 0 Å². The van der Waals surface area contributed by atoms with E-state index in [9.17, 15) is 0 Å². The molecular weight excluding hydrogens is 263 g/mol. The molecule has 0 aliphatic carbocycles. The van der Waals surface area contributed by atoms with Crippen molar-refractivity contribution in [1.29, 1.82) is 0 Å². The maximum Gasteiger partial charge on any atom is 0.130 e. The molecular formula is C10H10BrClN2. The smallest absolute Gasteiger partial charge is 0.130 e. The number of hydrogen-bond donors (Lipinski definition) is 1. The van der Waals surface area contributed by atoms with Gasteiger partial charge in [0.05, 0.1) is 0 Å². The van der Waals surface area contributed by atoms with Gasteiger partial charge in [0.1, 0.15) is 5.82 Å². The van der Waals surface area contributed by atoms with Crippen molar-refractivity contribution in [3.05, 3.63) is 41.1 Å². The summed E-state index contributed by atoms with van der Waals surface area (Å²) in [5.41, 5.74) is 7.43. The Hall–Kier alpha value is -0.800. The number of aromatic nitrogens is 1. The van der Waals surface area contributed by atoms with Crippen LogP contribution in [0.2, 0.25) is 0 Å². The molecule has 2 nitrogen and oxygen atoms in total. The van der Waals surface area contributed by atoms with Gasteiger partial charge in [0.2, 0.25) is 0 Å². The average Bonchev–Trinajstić information content (AvgIpc) is 2.16. The fourth-order valence-corrected chi connectivity index (χ4v) is 1.71. The molecule has 0 fully saturated rings. The minimum atomic E-state index is 0.490. The van der Waals surface area contributed by atoms with Gasteiger partial charge in [-0.3, -0.25) is 0 Å². The zero-order valence-corrected chi connectivity index (χ0v) is 9.85. The zero-order chi connectivity index (χ0) is 10.6. The molecule has 0 unspecified atom stereocenters. The number of nitrogens with zero attached hydrogens (tertiary/aromatic N) is 1. The monoisotopic (exact) mass is 272 g/mol. The van der Waals surface area contributed by atoms with Crippen molar-refractivity contribution >= 4 is 39.4 Å². The Kier molecular flexibility index (Phi) is 4.17. The van der Waals surface area contributed by atoms with Gasteiger partial charge in [-0.25, -0.2) is 4.98 Å². The first-order valence-electron chi connectivity index (χ1n) is 3.97. The Morgan fingerprint density at radius 3 is 2.93 bits per heavy atom. The van der Waals surface area contributed by atoms with E-state index in [1.54, 1.807) is 6.20 Å². The standard InChI is InChI=1S/C10H10BrClN2/c1-7(12)9(6-11)5-8-3-2-4-14-10(8)13/h2-5H,1,6H2,(H2,13,14)/b9-5-. The molecule has 0 amide bonds. The molecule has 2 N–H and O–H groups in total. The molecule has 1 aromatic heterocycles. The number of allylic oxidation sites excluding steroid dienone is 2. The van der Waals surface area contributed by atoms with Crippen molar-refractivity contribution < 1.29 is 0 Å². The predicted molar refractivity (Wildman–Crippen MR) is 65.4 cm³/mol. The summed E-state index contributed by atoms with van der Waals surface area (Å²) in [5, 5.41) is 1.15. The van der Waals surface area contributed by atoms with E-state index in [1.165, 1.54) is 0 Å². The Bertz CT molecular complexity index is 374. The largest absolute Gasteiger partial charge is 0.383 e. The van der Waals surface area contributed by atoms with Crippen LogP contribution < -0.4 is 5.73 Å². The molecule has 4 heteroatoms. The van der Waals surface area contributed by atoms with E-state index in [0.29, 0.717) is 16.2 Å². The molecule has 1 aromatic rings. The fraction of sp³-hybridized carbons (Fsp3) is 0.100. The van der Waals surface area contributed by atoms with Gasteiger partial charge in [0.25, 0.3) is 0 Å². The number of nitrogen functional groups attached to an aromatic ring is 1. The Labute approximate surface area is 96.6 Å². The topological polar surface area (TPSA) is 38.9 Å². The fourth-order valence-electron chi connectivity index (χ4n) is 0.929. The SMILES string of the molecule is C=C(Cl)/C(=C\c1cccnc1N)CBr. The molecule has 0 saturated heterocycles. The third-order valence-electron chi connectivity index (χ3n) is 1.69. The third kappa shape index (κ3) is 2.86. The highest BCUT2D eigenvalue weighted by Crippen LogP contribution is 2.20. The molecule has 0 aliphatic heterocycles. The second kappa shape index (κ2) is 5.17.